The van der Waals surface area contributed by atoms with Crippen LogP contribution in [-0.4, -0.2) is 76.3 Å². The molecule has 0 unspecified atom stereocenters. The number of likely N-dealkylation sites (tertiary alicyclic amines) is 1. The SMILES string of the molecule is COc1cc(OC)cc(N(CCCN2CCC[C@H]2CO)c2ccc3ncc(-c4cnn(C(C)C)c4)nc3c2)c1. The van der Waals surface area contributed by atoms with Gasteiger partial charge in [0.05, 0.1) is 49.9 Å². The summed E-state index contributed by atoms with van der Waals surface area (Å²) in [5.74, 6) is 1.47. The molecule has 2 aromatic carbocycles. The van der Waals surface area contributed by atoms with Crippen molar-refractivity contribution in [2.24, 2.45) is 0 Å². The quantitative estimate of drug-likeness (QED) is 0.287. The fourth-order valence-electron chi connectivity index (χ4n) is 5.24. The zero-order valence-corrected chi connectivity index (χ0v) is 23.2. The highest BCUT2D eigenvalue weighted by Gasteiger charge is 2.23. The second kappa shape index (κ2) is 12.0. The van der Waals surface area contributed by atoms with Crippen LogP contribution in [0.4, 0.5) is 11.4 Å². The number of rotatable bonds is 11. The van der Waals surface area contributed by atoms with E-state index in [1.165, 1.54) is 0 Å². The molecular formula is C30H38N6O3. The van der Waals surface area contributed by atoms with E-state index >= 15 is 0 Å². The summed E-state index contributed by atoms with van der Waals surface area (Å²) in [6.45, 7) is 7.18. The number of nitrogens with zero attached hydrogens (tertiary/aromatic N) is 6. The van der Waals surface area contributed by atoms with E-state index in [-0.39, 0.29) is 18.7 Å². The lowest BCUT2D eigenvalue weighted by molar-refractivity contribution is 0.158. The van der Waals surface area contributed by atoms with Gasteiger partial charge in [-0.3, -0.25) is 14.6 Å². The van der Waals surface area contributed by atoms with E-state index in [0.29, 0.717) is 0 Å². The highest BCUT2D eigenvalue weighted by molar-refractivity contribution is 5.82. The molecule has 3 heterocycles. The highest BCUT2D eigenvalue weighted by atomic mass is 16.5. The minimum absolute atomic E-state index is 0.221. The van der Waals surface area contributed by atoms with Gasteiger partial charge in [0.15, 0.2) is 0 Å². The Labute approximate surface area is 230 Å². The molecule has 1 aliphatic heterocycles. The van der Waals surface area contributed by atoms with E-state index in [1.54, 1.807) is 14.2 Å². The summed E-state index contributed by atoms with van der Waals surface area (Å²) >= 11 is 0. The second-order valence-corrected chi connectivity index (χ2v) is 10.3. The van der Waals surface area contributed by atoms with E-state index in [4.69, 9.17) is 14.5 Å². The first kappa shape index (κ1) is 26.9. The van der Waals surface area contributed by atoms with E-state index in [2.05, 4.69) is 45.9 Å². The largest absolute Gasteiger partial charge is 0.497 e. The van der Waals surface area contributed by atoms with Gasteiger partial charge in [0.25, 0.3) is 0 Å². The topological polar surface area (TPSA) is 88.8 Å². The lowest BCUT2D eigenvalue weighted by Gasteiger charge is -2.28. The second-order valence-electron chi connectivity index (χ2n) is 10.3. The van der Waals surface area contributed by atoms with E-state index in [9.17, 15) is 5.11 Å². The van der Waals surface area contributed by atoms with Gasteiger partial charge in [-0.25, -0.2) is 4.98 Å². The Morgan fingerprint density at radius 3 is 2.51 bits per heavy atom. The summed E-state index contributed by atoms with van der Waals surface area (Å²) in [4.78, 5) is 14.3. The van der Waals surface area contributed by atoms with Gasteiger partial charge in [0, 0.05) is 66.5 Å². The lowest BCUT2D eigenvalue weighted by atomic mass is 10.1. The third-order valence-electron chi connectivity index (χ3n) is 7.45. The van der Waals surface area contributed by atoms with Crippen LogP contribution >= 0.6 is 0 Å². The number of hydrogen-bond acceptors (Lipinski definition) is 8. The maximum atomic E-state index is 9.75. The van der Waals surface area contributed by atoms with Crippen LogP contribution in [0.5, 0.6) is 11.5 Å². The average molecular weight is 531 g/mol. The maximum Gasteiger partial charge on any atom is 0.124 e. The monoisotopic (exact) mass is 530 g/mol. The molecule has 5 rings (SSSR count). The third kappa shape index (κ3) is 5.99. The molecule has 9 nitrogen and oxygen atoms in total. The molecule has 9 heteroatoms. The number of fused-ring (bicyclic) bond motifs is 1. The molecule has 0 saturated carbocycles. The molecule has 0 amide bonds. The lowest BCUT2D eigenvalue weighted by Crippen LogP contribution is -2.34. The molecule has 0 bridgehead atoms. The predicted octanol–water partition coefficient (Wildman–Crippen LogP) is 5.08. The van der Waals surface area contributed by atoms with Gasteiger partial charge in [0.1, 0.15) is 11.5 Å². The molecule has 0 radical (unpaired) electrons. The van der Waals surface area contributed by atoms with Crippen molar-refractivity contribution in [3.8, 4) is 22.8 Å². The van der Waals surface area contributed by atoms with E-state index in [1.807, 2.05) is 47.5 Å². The number of ether oxygens (including phenoxy) is 2. The highest BCUT2D eigenvalue weighted by Crippen LogP contribution is 2.34. The molecule has 0 aliphatic carbocycles. The van der Waals surface area contributed by atoms with Gasteiger partial charge < -0.3 is 19.5 Å². The molecule has 39 heavy (non-hydrogen) atoms. The number of anilines is 2. The minimum atomic E-state index is 0.221. The molecule has 1 fully saturated rings. The molecule has 1 atom stereocenters. The Morgan fingerprint density at radius 2 is 1.82 bits per heavy atom. The Hall–Kier alpha value is -3.69. The molecule has 4 aromatic rings. The minimum Gasteiger partial charge on any atom is -0.497 e. The summed E-state index contributed by atoms with van der Waals surface area (Å²) in [5, 5.41) is 14.2. The molecule has 0 spiro atoms. The fraction of sp³-hybridized carbons (Fsp3) is 0.433. The van der Waals surface area contributed by atoms with Gasteiger partial charge >= 0.3 is 0 Å². The molecular weight excluding hydrogens is 492 g/mol. The van der Waals surface area contributed by atoms with Crippen LogP contribution in [-0.2, 0) is 0 Å². The van der Waals surface area contributed by atoms with Crippen LogP contribution in [0.2, 0.25) is 0 Å². The zero-order valence-electron chi connectivity index (χ0n) is 23.2. The van der Waals surface area contributed by atoms with Crippen LogP contribution in [0, 0.1) is 0 Å². The molecule has 1 aliphatic rings. The van der Waals surface area contributed by atoms with Crippen molar-refractivity contribution in [3.63, 3.8) is 0 Å². The number of methoxy groups -OCH3 is 2. The molecule has 1 N–H and O–H groups in total. The Bertz CT molecular complexity index is 1380. The summed E-state index contributed by atoms with van der Waals surface area (Å²) in [6.07, 6.45) is 8.80. The Balaban J connectivity index is 1.48. The van der Waals surface area contributed by atoms with Gasteiger partial charge in [-0.2, -0.15) is 5.10 Å². The van der Waals surface area contributed by atoms with Gasteiger partial charge in [-0.05, 0) is 57.9 Å². The average Bonchev–Trinajstić information content (AvgIpc) is 3.64. The Kier molecular flexibility index (Phi) is 8.28. The van der Waals surface area contributed by atoms with Gasteiger partial charge in [0.2, 0.25) is 0 Å². The van der Waals surface area contributed by atoms with Gasteiger partial charge in [-0.1, -0.05) is 0 Å². The van der Waals surface area contributed by atoms with Crippen molar-refractivity contribution in [2.75, 3.05) is 45.4 Å². The van der Waals surface area contributed by atoms with Crippen molar-refractivity contribution in [3.05, 3.63) is 55.0 Å². The van der Waals surface area contributed by atoms with Crippen molar-refractivity contribution in [1.82, 2.24) is 24.6 Å². The summed E-state index contributed by atoms with van der Waals surface area (Å²) in [7, 11) is 3.33. The fourth-order valence-corrected chi connectivity index (χ4v) is 5.24. The standard InChI is InChI=1S/C30H38N6O3/c1-21(2)36-19-22(17-32-36)30-18-31-28-9-8-23(15-29(28)33-30)35(12-6-11-34-10-5-7-24(34)20-37)25-13-26(38-3)16-27(14-25)39-4/h8-9,13-19,21,24,37H,5-7,10-12,20H2,1-4H3/t24-/m0/s1. The first-order chi connectivity index (χ1) is 19.0. The maximum absolute atomic E-state index is 9.75. The first-order valence-electron chi connectivity index (χ1n) is 13.7. The first-order valence-corrected chi connectivity index (χ1v) is 13.7. The number of aromatic nitrogens is 4. The van der Waals surface area contributed by atoms with Crippen LogP contribution in [0.15, 0.2) is 55.0 Å². The van der Waals surface area contributed by atoms with Crippen LogP contribution in [0.3, 0.4) is 0 Å². The van der Waals surface area contributed by atoms with Gasteiger partial charge in [-0.15, -0.1) is 0 Å². The smallest absolute Gasteiger partial charge is 0.124 e. The van der Waals surface area contributed by atoms with Crippen molar-refractivity contribution >= 4 is 22.4 Å². The molecule has 206 valence electrons. The van der Waals surface area contributed by atoms with Crippen molar-refractivity contribution in [1.29, 1.82) is 0 Å². The van der Waals surface area contributed by atoms with Crippen LogP contribution in [0.1, 0.15) is 39.2 Å². The zero-order chi connectivity index (χ0) is 27.4. The number of aliphatic hydroxyl groups is 1. The molecule has 1 saturated heterocycles. The van der Waals surface area contributed by atoms with Crippen LogP contribution < -0.4 is 14.4 Å². The number of aliphatic hydroxyl groups excluding tert-OH is 1. The van der Waals surface area contributed by atoms with Crippen molar-refractivity contribution in [2.45, 2.75) is 45.2 Å². The normalized spacial score (nSPS) is 15.8. The Morgan fingerprint density at radius 1 is 1.03 bits per heavy atom. The van der Waals surface area contributed by atoms with Crippen LogP contribution in [0.25, 0.3) is 22.3 Å². The van der Waals surface area contributed by atoms with E-state index < -0.39 is 0 Å². The van der Waals surface area contributed by atoms with Crippen molar-refractivity contribution < 1.29 is 14.6 Å². The summed E-state index contributed by atoms with van der Waals surface area (Å²) in [6, 6.07) is 12.7. The molecule has 2 aromatic heterocycles. The predicted molar refractivity (Wildman–Crippen MR) is 154 cm³/mol. The summed E-state index contributed by atoms with van der Waals surface area (Å²) in [5.41, 5.74) is 5.40. The number of hydrogen-bond donors (Lipinski definition) is 1. The number of benzene rings is 2. The third-order valence-corrected chi connectivity index (χ3v) is 7.45. The summed E-state index contributed by atoms with van der Waals surface area (Å²) < 4.78 is 13.1. The van der Waals surface area contributed by atoms with E-state index in [0.717, 1.165) is 84.1 Å².